The Hall–Kier alpha value is -1.80. The molecule has 0 unspecified atom stereocenters. The molecular weight excluding hydrogens is 320 g/mol. The SMILES string of the molecule is O=C(CNS(=O)(=O)c1ccc2c(c1)OCCO2)NC1CCCC1. The first-order valence-electron chi connectivity index (χ1n) is 7.73. The summed E-state index contributed by atoms with van der Waals surface area (Å²) in [4.78, 5) is 11.9. The van der Waals surface area contributed by atoms with Crippen molar-refractivity contribution in [1.82, 2.24) is 10.0 Å². The van der Waals surface area contributed by atoms with Crippen LogP contribution in [-0.2, 0) is 14.8 Å². The van der Waals surface area contributed by atoms with E-state index in [0.29, 0.717) is 24.7 Å². The van der Waals surface area contributed by atoms with Crippen molar-refractivity contribution < 1.29 is 22.7 Å². The van der Waals surface area contributed by atoms with Gasteiger partial charge in [0.05, 0.1) is 11.4 Å². The number of hydrogen-bond donors (Lipinski definition) is 2. The summed E-state index contributed by atoms with van der Waals surface area (Å²) in [5, 5.41) is 2.84. The highest BCUT2D eigenvalue weighted by atomic mass is 32.2. The molecule has 7 nitrogen and oxygen atoms in total. The number of hydrogen-bond acceptors (Lipinski definition) is 5. The molecule has 1 aromatic rings. The van der Waals surface area contributed by atoms with Gasteiger partial charge in [0.25, 0.3) is 0 Å². The standard InChI is InChI=1S/C15H20N2O5S/c18-15(17-11-3-1-2-4-11)10-16-23(19,20)12-5-6-13-14(9-12)22-8-7-21-13/h5-6,9,11,16H,1-4,7-8,10H2,(H,17,18). The van der Waals surface area contributed by atoms with Crippen molar-refractivity contribution in [3.05, 3.63) is 18.2 Å². The Bertz CT molecular complexity index is 683. The zero-order valence-corrected chi connectivity index (χ0v) is 13.5. The van der Waals surface area contributed by atoms with Crippen LogP contribution in [0.2, 0.25) is 0 Å². The molecule has 1 fully saturated rings. The molecule has 0 radical (unpaired) electrons. The zero-order chi connectivity index (χ0) is 16.3. The molecule has 2 aliphatic rings. The van der Waals surface area contributed by atoms with Crippen LogP contribution in [-0.4, -0.2) is 40.1 Å². The first-order chi connectivity index (χ1) is 11.0. The van der Waals surface area contributed by atoms with Crippen LogP contribution in [0.1, 0.15) is 25.7 Å². The summed E-state index contributed by atoms with van der Waals surface area (Å²) in [6.45, 7) is 0.555. The third-order valence-corrected chi connectivity index (χ3v) is 5.37. The largest absolute Gasteiger partial charge is 0.486 e. The van der Waals surface area contributed by atoms with Crippen molar-refractivity contribution >= 4 is 15.9 Å². The summed E-state index contributed by atoms with van der Waals surface area (Å²) < 4.78 is 37.6. The Kier molecular flexibility index (Phi) is 4.72. The van der Waals surface area contributed by atoms with Crippen LogP contribution in [0.4, 0.5) is 0 Å². The van der Waals surface area contributed by atoms with Gasteiger partial charge in [-0.05, 0) is 25.0 Å². The lowest BCUT2D eigenvalue weighted by atomic mass is 10.2. The second kappa shape index (κ2) is 6.76. The highest BCUT2D eigenvalue weighted by molar-refractivity contribution is 7.89. The highest BCUT2D eigenvalue weighted by Crippen LogP contribution is 2.32. The van der Waals surface area contributed by atoms with E-state index in [9.17, 15) is 13.2 Å². The monoisotopic (exact) mass is 340 g/mol. The van der Waals surface area contributed by atoms with Crippen molar-refractivity contribution in [2.45, 2.75) is 36.6 Å². The van der Waals surface area contributed by atoms with Gasteiger partial charge in [0.2, 0.25) is 15.9 Å². The summed E-state index contributed by atoms with van der Waals surface area (Å²) in [5.74, 6) is 0.613. The maximum absolute atomic E-state index is 12.3. The van der Waals surface area contributed by atoms with E-state index in [2.05, 4.69) is 10.0 Å². The van der Waals surface area contributed by atoms with Crippen LogP contribution in [0.5, 0.6) is 11.5 Å². The maximum atomic E-state index is 12.3. The number of carbonyl (C=O) groups is 1. The molecule has 0 aromatic heterocycles. The van der Waals surface area contributed by atoms with Gasteiger partial charge in [-0.1, -0.05) is 12.8 Å². The van der Waals surface area contributed by atoms with Gasteiger partial charge in [0.1, 0.15) is 13.2 Å². The topological polar surface area (TPSA) is 93.7 Å². The Morgan fingerprint density at radius 2 is 1.83 bits per heavy atom. The van der Waals surface area contributed by atoms with Gasteiger partial charge < -0.3 is 14.8 Å². The van der Waals surface area contributed by atoms with Gasteiger partial charge in [-0.15, -0.1) is 0 Å². The summed E-state index contributed by atoms with van der Waals surface area (Å²) in [5.41, 5.74) is 0. The first kappa shape index (κ1) is 16.1. The minimum absolute atomic E-state index is 0.0513. The maximum Gasteiger partial charge on any atom is 0.241 e. The third-order valence-electron chi connectivity index (χ3n) is 3.97. The Labute approximate surface area is 135 Å². The van der Waals surface area contributed by atoms with Gasteiger partial charge in [0, 0.05) is 12.1 Å². The Morgan fingerprint density at radius 1 is 1.13 bits per heavy atom. The number of sulfonamides is 1. The molecule has 1 aliphatic carbocycles. The third kappa shape index (κ3) is 3.94. The fraction of sp³-hybridized carbons (Fsp3) is 0.533. The number of carbonyl (C=O) groups excluding carboxylic acids is 1. The number of ether oxygens (including phenoxy) is 2. The van der Waals surface area contributed by atoms with E-state index >= 15 is 0 Å². The fourth-order valence-electron chi connectivity index (χ4n) is 2.78. The predicted octanol–water partition coefficient (Wildman–Crippen LogP) is 0.795. The second-order valence-electron chi connectivity index (χ2n) is 5.68. The molecule has 1 amide bonds. The van der Waals surface area contributed by atoms with Crippen LogP contribution in [0.25, 0.3) is 0 Å². The molecule has 2 N–H and O–H groups in total. The molecule has 1 aromatic carbocycles. The zero-order valence-electron chi connectivity index (χ0n) is 12.7. The molecule has 8 heteroatoms. The molecule has 1 saturated carbocycles. The summed E-state index contributed by atoms with van der Waals surface area (Å²) in [6, 6.07) is 4.57. The van der Waals surface area contributed by atoms with E-state index < -0.39 is 10.0 Å². The molecule has 0 saturated heterocycles. The minimum atomic E-state index is -3.77. The number of nitrogens with one attached hydrogen (secondary N) is 2. The summed E-state index contributed by atoms with van der Waals surface area (Å²) in [7, 11) is -3.77. The summed E-state index contributed by atoms with van der Waals surface area (Å²) >= 11 is 0. The molecule has 3 rings (SSSR count). The van der Waals surface area contributed by atoms with E-state index in [0.717, 1.165) is 25.7 Å². The van der Waals surface area contributed by atoms with Crippen LogP contribution < -0.4 is 19.5 Å². The number of rotatable bonds is 5. The Balaban J connectivity index is 1.61. The van der Waals surface area contributed by atoms with E-state index in [4.69, 9.17) is 9.47 Å². The molecule has 1 heterocycles. The van der Waals surface area contributed by atoms with Crippen LogP contribution >= 0.6 is 0 Å². The molecule has 0 bridgehead atoms. The van der Waals surface area contributed by atoms with E-state index in [1.807, 2.05) is 0 Å². The van der Waals surface area contributed by atoms with Crippen molar-refractivity contribution in [2.24, 2.45) is 0 Å². The molecule has 0 atom stereocenters. The average Bonchev–Trinajstić information content (AvgIpc) is 3.05. The van der Waals surface area contributed by atoms with Crippen molar-refractivity contribution in [3.8, 4) is 11.5 Å². The van der Waals surface area contributed by atoms with Crippen molar-refractivity contribution in [1.29, 1.82) is 0 Å². The number of amides is 1. The molecule has 23 heavy (non-hydrogen) atoms. The molecule has 0 spiro atoms. The van der Waals surface area contributed by atoms with Crippen molar-refractivity contribution in [3.63, 3.8) is 0 Å². The Morgan fingerprint density at radius 3 is 2.57 bits per heavy atom. The fourth-order valence-corrected chi connectivity index (χ4v) is 3.78. The minimum Gasteiger partial charge on any atom is -0.486 e. The molecule has 1 aliphatic heterocycles. The van der Waals surface area contributed by atoms with Gasteiger partial charge in [-0.2, -0.15) is 0 Å². The highest BCUT2D eigenvalue weighted by Gasteiger charge is 2.21. The second-order valence-corrected chi connectivity index (χ2v) is 7.45. The predicted molar refractivity (Wildman–Crippen MR) is 83.0 cm³/mol. The van der Waals surface area contributed by atoms with Crippen LogP contribution in [0, 0.1) is 0 Å². The van der Waals surface area contributed by atoms with Gasteiger partial charge in [-0.3, -0.25) is 4.79 Å². The molecule has 126 valence electrons. The van der Waals surface area contributed by atoms with Crippen LogP contribution in [0.3, 0.4) is 0 Å². The van der Waals surface area contributed by atoms with Crippen molar-refractivity contribution in [2.75, 3.05) is 19.8 Å². The number of benzene rings is 1. The van der Waals surface area contributed by atoms with Crippen LogP contribution in [0.15, 0.2) is 23.1 Å². The van der Waals surface area contributed by atoms with E-state index in [1.165, 1.54) is 12.1 Å². The van der Waals surface area contributed by atoms with Gasteiger partial charge in [0.15, 0.2) is 11.5 Å². The average molecular weight is 340 g/mol. The molecular formula is C15H20N2O5S. The van der Waals surface area contributed by atoms with E-state index in [-0.39, 0.29) is 23.4 Å². The lowest BCUT2D eigenvalue weighted by Crippen LogP contribution is -2.40. The lowest BCUT2D eigenvalue weighted by Gasteiger charge is -2.19. The smallest absolute Gasteiger partial charge is 0.241 e. The number of fused-ring (bicyclic) bond motifs is 1. The van der Waals surface area contributed by atoms with E-state index in [1.54, 1.807) is 6.07 Å². The summed E-state index contributed by atoms with van der Waals surface area (Å²) in [6.07, 6.45) is 4.13. The normalized spacial score (nSPS) is 17.9. The van der Waals surface area contributed by atoms with Gasteiger partial charge >= 0.3 is 0 Å². The lowest BCUT2D eigenvalue weighted by molar-refractivity contribution is -0.120. The first-order valence-corrected chi connectivity index (χ1v) is 9.21. The quantitative estimate of drug-likeness (QED) is 0.827. The van der Waals surface area contributed by atoms with Gasteiger partial charge in [-0.25, -0.2) is 13.1 Å².